The monoisotopic (exact) mass is 387 g/mol. The molecule has 0 bridgehead atoms. The zero-order chi connectivity index (χ0) is 18.5. The molecule has 0 saturated carbocycles. The van der Waals surface area contributed by atoms with E-state index in [1.807, 2.05) is 24.4 Å². The first-order chi connectivity index (χ1) is 12.6. The Balaban J connectivity index is 1.64. The van der Waals surface area contributed by atoms with Crippen molar-refractivity contribution in [1.82, 2.24) is 4.98 Å². The molecule has 3 aromatic rings. The van der Waals surface area contributed by atoms with Crippen LogP contribution in [0.25, 0.3) is 9.88 Å². The molecule has 5 nitrogen and oxygen atoms in total. The lowest BCUT2D eigenvalue weighted by molar-refractivity contribution is 0.0314. The van der Waals surface area contributed by atoms with Crippen LogP contribution in [0.15, 0.2) is 47.2 Å². The number of carbonyl (C=O) groups is 2. The average molecular weight is 387 g/mol. The van der Waals surface area contributed by atoms with Crippen LogP contribution in [0.5, 0.6) is 5.75 Å². The van der Waals surface area contributed by atoms with Crippen molar-refractivity contribution in [3.8, 4) is 15.6 Å². The molecule has 0 aliphatic rings. The van der Waals surface area contributed by atoms with Gasteiger partial charge in [-0.3, -0.25) is 4.79 Å². The Morgan fingerprint density at radius 3 is 2.58 bits per heavy atom. The van der Waals surface area contributed by atoms with Gasteiger partial charge in [0, 0.05) is 10.9 Å². The Bertz CT molecular complexity index is 885. The van der Waals surface area contributed by atoms with E-state index in [2.05, 4.69) is 4.98 Å². The first-order valence-corrected chi connectivity index (χ1v) is 9.82. The highest BCUT2D eigenvalue weighted by molar-refractivity contribution is 7.20. The highest BCUT2D eigenvalue weighted by Gasteiger charge is 2.22. The van der Waals surface area contributed by atoms with E-state index in [1.165, 1.54) is 11.3 Å². The lowest BCUT2D eigenvalue weighted by Crippen LogP contribution is -2.24. The summed E-state index contributed by atoms with van der Waals surface area (Å²) < 4.78 is 10.6. The van der Waals surface area contributed by atoms with E-state index in [1.54, 1.807) is 47.9 Å². The van der Waals surface area contributed by atoms with Gasteiger partial charge in [-0.25, -0.2) is 9.78 Å². The lowest BCUT2D eigenvalue weighted by Gasteiger charge is -2.12. The normalized spacial score (nSPS) is 11.8. The molecule has 0 N–H and O–H groups in total. The van der Waals surface area contributed by atoms with Crippen LogP contribution in [0, 0.1) is 0 Å². The van der Waals surface area contributed by atoms with E-state index in [9.17, 15) is 9.59 Å². The standard InChI is InChI=1S/C19H17NO4S2/c1-3-23-14-8-6-13(7-9-14)17(21)12(2)24-19(22)15-11-26-18(20-15)16-5-4-10-25-16/h4-12H,3H2,1-2H3/t12-/m0/s1. The molecule has 134 valence electrons. The molecule has 0 fully saturated rings. The third-order valence-corrected chi connectivity index (χ3v) is 5.43. The van der Waals surface area contributed by atoms with Gasteiger partial charge in [-0.05, 0) is 49.6 Å². The third-order valence-electron chi connectivity index (χ3n) is 3.55. The van der Waals surface area contributed by atoms with Gasteiger partial charge in [0.1, 0.15) is 10.8 Å². The van der Waals surface area contributed by atoms with E-state index < -0.39 is 12.1 Å². The van der Waals surface area contributed by atoms with Crippen LogP contribution in [0.1, 0.15) is 34.7 Å². The van der Waals surface area contributed by atoms with Crippen molar-refractivity contribution in [2.24, 2.45) is 0 Å². The minimum absolute atomic E-state index is 0.213. The van der Waals surface area contributed by atoms with Gasteiger partial charge in [0.15, 0.2) is 11.8 Å². The van der Waals surface area contributed by atoms with E-state index in [0.717, 1.165) is 9.88 Å². The molecule has 2 aromatic heterocycles. The Kier molecular flexibility index (Phi) is 5.80. The van der Waals surface area contributed by atoms with E-state index in [-0.39, 0.29) is 11.5 Å². The number of nitrogens with zero attached hydrogens (tertiary/aromatic N) is 1. The molecule has 0 aliphatic carbocycles. The Morgan fingerprint density at radius 1 is 1.15 bits per heavy atom. The number of thiophene rings is 1. The summed E-state index contributed by atoms with van der Waals surface area (Å²) >= 11 is 2.93. The number of hydrogen-bond acceptors (Lipinski definition) is 7. The number of hydrogen-bond donors (Lipinski definition) is 0. The van der Waals surface area contributed by atoms with Crippen LogP contribution in [-0.4, -0.2) is 29.4 Å². The molecule has 0 radical (unpaired) electrons. The van der Waals surface area contributed by atoms with Crippen molar-refractivity contribution < 1.29 is 19.1 Å². The van der Waals surface area contributed by atoms with E-state index >= 15 is 0 Å². The number of ether oxygens (including phenoxy) is 2. The first kappa shape index (κ1) is 18.3. The number of Topliss-reactive ketones (excluding diaryl/α,β-unsaturated/α-hetero) is 1. The lowest BCUT2D eigenvalue weighted by atomic mass is 10.1. The SMILES string of the molecule is CCOc1ccc(C(=O)[C@H](C)OC(=O)c2csc(-c3cccs3)n2)cc1. The van der Waals surface area contributed by atoms with Crippen LogP contribution in [-0.2, 0) is 4.74 Å². The summed E-state index contributed by atoms with van der Waals surface area (Å²) in [6.45, 7) is 4.01. The zero-order valence-corrected chi connectivity index (χ0v) is 15.9. The zero-order valence-electron chi connectivity index (χ0n) is 14.3. The summed E-state index contributed by atoms with van der Waals surface area (Å²) in [5, 5.41) is 4.36. The van der Waals surface area contributed by atoms with Crippen molar-refractivity contribution in [3.05, 3.63) is 58.4 Å². The number of benzene rings is 1. The van der Waals surface area contributed by atoms with Crippen LogP contribution < -0.4 is 4.74 Å². The van der Waals surface area contributed by atoms with Crippen molar-refractivity contribution >= 4 is 34.4 Å². The second kappa shape index (κ2) is 8.25. The van der Waals surface area contributed by atoms with Crippen LogP contribution in [0.4, 0.5) is 0 Å². The summed E-state index contributed by atoms with van der Waals surface area (Å²) in [7, 11) is 0. The molecule has 0 aliphatic heterocycles. The predicted octanol–water partition coefficient (Wildman–Crippen LogP) is 4.70. The van der Waals surface area contributed by atoms with Crippen molar-refractivity contribution in [3.63, 3.8) is 0 Å². The van der Waals surface area contributed by atoms with Crippen molar-refractivity contribution in [1.29, 1.82) is 0 Å². The second-order valence-corrected chi connectivity index (χ2v) is 7.19. The Morgan fingerprint density at radius 2 is 1.92 bits per heavy atom. The molecule has 1 aromatic carbocycles. The van der Waals surface area contributed by atoms with Gasteiger partial charge in [0.05, 0.1) is 11.5 Å². The number of rotatable bonds is 7. The predicted molar refractivity (Wildman–Crippen MR) is 102 cm³/mol. The van der Waals surface area contributed by atoms with Gasteiger partial charge in [0.2, 0.25) is 5.78 Å². The highest BCUT2D eigenvalue weighted by atomic mass is 32.1. The molecule has 7 heteroatoms. The quantitative estimate of drug-likeness (QED) is 0.434. The van der Waals surface area contributed by atoms with Gasteiger partial charge < -0.3 is 9.47 Å². The van der Waals surface area contributed by atoms with Gasteiger partial charge in [-0.1, -0.05) is 6.07 Å². The molecular weight excluding hydrogens is 370 g/mol. The van der Waals surface area contributed by atoms with Crippen molar-refractivity contribution in [2.75, 3.05) is 6.61 Å². The second-order valence-electron chi connectivity index (χ2n) is 5.38. The summed E-state index contributed by atoms with van der Waals surface area (Å²) in [6, 6.07) is 10.6. The number of ketones is 1. The maximum atomic E-state index is 12.4. The largest absolute Gasteiger partial charge is 0.494 e. The maximum Gasteiger partial charge on any atom is 0.358 e. The Hall–Kier alpha value is -2.51. The van der Waals surface area contributed by atoms with Crippen molar-refractivity contribution in [2.45, 2.75) is 20.0 Å². The van der Waals surface area contributed by atoms with Gasteiger partial charge in [-0.2, -0.15) is 0 Å². The van der Waals surface area contributed by atoms with Crippen LogP contribution in [0.2, 0.25) is 0 Å². The van der Waals surface area contributed by atoms with Gasteiger partial charge in [-0.15, -0.1) is 22.7 Å². The topological polar surface area (TPSA) is 65.5 Å². The molecule has 0 spiro atoms. The minimum atomic E-state index is -0.896. The maximum absolute atomic E-state index is 12.4. The molecule has 0 unspecified atom stereocenters. The molecule has 1 atom stereocenters. The highest BCUT2D eigenvalue weighted by Crippen LogP contribution is 2.28. The van der Waals surface area contributed by atoms with Gasteiger partial charge in [0.25, 0.3) is 0 Å². The van der Waals surface area contributed by atoms with Crippen LogP contribution in [0.3, 0.4) is 0 Å². The summed E-state index contributed by atoms with van der Waals surface area (Å²) in [4.78, 5) is 30.0. The molecular formula is C19H17NO4S2. The third kappa shape index (κ3) is 4.17. The van der Waals surface area contributed by atoms with E-state index in [4.69, 9.17) is 9.47 Å². The number of esters is 1. The number of carbonyl (C=O) groups excluding carboxylic acids is 2. The number of thiazole rings is 1. The molecule has 26 heavy (non-hydrogen) atoms. The summed E-state index contributed by atoms with van der Waals surface area (Å²) in [6.07, 6.45) is -0.896. The fourth-order valence-electron chi connectivity index (χ4n) is 2.27. The fraction of sp³-hybridized carbons (Fsp3) is 0.211. The van der Waals surface area contributed by atoms with Gasteiger partial charge >= 0.3 is 5.97 Å². The smallest absolute Gasteiger partial charge is 0.358 e. The fourth-order valence-corrected chi connectivity index (χ4v) is 3.88. The average Bonchev–Trinajstić information content (AvgIpc) is 3.33. The molecule has 2 heterocycles. The number of aromatic nitrogens is 1. The Labute approximate surface area is 159 Å². The van der Waals surface area contributed by atoms with E-state index in [0.29, 0.717) is 17.9 Å². The summed E-state index contributed by atoms with van der Waals surface area (Å²) in [5.41, 5.74) is 0.677. The van der Waals surface area contributed by atoms with Crippen LogP contribution >= 0.6 is 22.7 Å². The summed E-state index contributed by atoms with van der Waals surface area (Å²) in [5.74, 6) is -0.178. The molecule has 0 saturated heterocycles. The first-order valence-electron chi connectivity index (χ1n) is 8.06. The molecule has 0 amide bonds. The molecule has 3 rings (SSSR count). The minimum Gasteiger partial charge on any atom is -0.494 e.